The highest BCUT2D eigenvalue weighted by atomic mass is 32.2. The van der Waals surface area contributed by atoms with Gasteiger partial charge < -0.3 is 61.4 Å². The Morgan fingerprint density at radius 2 is 0.586 bits per heavy atom. The second-order valence-corrected chi connectivity index (χ2v) is 47.5. The molecule has 10 atom stereocenters. The van der Waals surface area contributed by atoms with E-state index < -0.39 is 120 Å². The van der Waals surface area contributed by atoms with E-state index in [9.17, 15) is 70.4 Å². The highest BCUT2D eigenvalue weighted by Crippen LogP contribution is 2.46. The fraction of sp³-hybridized carbons (Fsp3) is 0.443. The van der Waals surface area contributed by atoms with Crippen LogP contribution in [0.2, 0.25) is 0 Å². The number of alkyl halides is 6. The lowest BCUT2D eigenvalue weighted by molar-refractivity contribution is -0.340. The Hall–Kier alpha value is -7.54. The van der Waals surface area contributed by atoms with Gasteiger partial charge in [-0.2, -0.15) is 26.3 Å². The minimum atomic E-state index is -5.89. The van der Waals surface area contributed by atoms with Crippen LogP contribution < -0.4 is 14.2 Å². The molecule has 3 aliphatic rings. The van der Waals surface area contributed by atoms with Gasteiger partial charge in [-0.05, 0) is 298 Å². The topological polar surface area (TPSA) is 275 Å². The van der Waals surface area contributed by atoms with Gasteiger partial charge in [0.1, 0.15) is 17.2 Å². The molecule has 9 aromatic rings. The Morgan fingerprint density at radius 1 is 0.367 bits per heavy atom. The van der Waals surface area contributed by atoms with Crippen LogP contribution in [0.25, 0.3) is 0 Å². The van der Waals surface area contributed by atoms with Crippen LogP contribution in [0.4, 0.5) is 26.3 Å². The third kappa shape index (κ3) is 24.5. The van der Waals surface area contributed by atoms with Crippen molar-refractivity contribution in [3.8, 4) is 17.2 Å². The minimum Gasteiger partial charge on any atom is -0.743 e. The molecule has 3 saturated heterocycles. The summed E-state index contributed by atoms with van der Waals surface area (Å²) in [6.45, 7) is 40.4. The predicted octanol–water partition coefficient (Wildman–Crippen LogP) is 21.3. The van der Waals surface area contributed by atoms with E-state index in [4.69, 9.17) is 42.6 Å². The Labute approximate surface area is 759 Å². The molecule has 1 N–H and O–H groups in total. The highest BCUT2D eigenvalue weighted by molar-refractivity contribution is 7.97. The van der Waals surface area contributed by atoms with Gasteiger partial charge in [-0.1, -0.05) is 106 Å². The number of ether oxygens (including phenoxy) is 9. The molecule has 696 valence electrons. The highest BCUT2D eigenvalue weighted by Gasteiger charge is 2.50. The van der Waals surface area contributed by atoms with Crippen LogP contribution in [-0.2, 0) is 125 Å². The van der Waals surface area contributed by atoms with Gasteiger partial charge in [0.05, 0.1) is 76.4 Å². The molecule has 0 aromatic heterocycles. The Morgan fingerprint density at radius 3 is 0.812 bits per heavy atom. The Balaban J connectivity index is 0.000000200. The van der Waals surface area contributed by atoms with Gasteiger partial charge in [-0.25, -0.2) is 25.3 Å². The van der Waals surface area contributed by atoms with Crippen molar-refractivity contribution in [3.63, 3.8) is 0 Å². The quantitative estimate of drug-likeness (QED) is 0.0316. The fourth-order valence-corrected chi connectivity index (χ4v) is 22.4. The summed E-state index contributed by atoms with van der Waals surface area (Å²) in [4.78, 5) is 8.82. The van der Waals surface area contributed by atoms with E-state index in [1.165, 1.54) is 53.1 Å². The van der Waals surface area contributed by atoms with E-state index in [1.54, 1.807) is 36.4 Å². The van der Waals surface area contributed by atoms with Crippen molar-refractivity contribution in [3.05, 3.63) is 252 Å². The monoisotopic (exact) mass is 1890 g/mol. The maximum Gasteiger partial charge on any atom is 0.369 e. The van der Waals surface area contributed by atoms with Gasteiger partial charge in [0, 0.05) is 28.5 Å². The molecule has 19 nitrogen and oxygen atoms in total. The van der Waals surface area contributed by atoms with Gasteiger partial charge in [-0.3, -0.25) is 0 Å². The number of hydrogen-bond acceptors (Lipinski definition) is 19. The first-order chi connectivity index (χ1) is 59.0. The van der Waals surface area contributed by atoms with Crippen LogP contribution in [-0.4, -0.2) is 122 Å². The molecule has 0 amide bonds. The van der Waals surface area contributed by atoms with Crippen molar-refractivity contribution < 1.29 is 113 Å². The van der Waals surface area contributed by atoms with Crippen molar-refractivity contribution >= 4 is 63.0 Å². The van der Waals surface area contributed by atoms with E-state index in [2.05, 4.69) is 149 Å². The summed E-state index contributed by atoms with van der Waals surface area (Å²) in [5, 5.41) is -4.05. The molecule has 9 aromatic carbocycles. The summed E-state index contributed by atoms with van der Waals surface area (Å²) in [6.07, 6.45) is -4.72. The smallest absolute Gasteiger partial charge is 0.369 e. The molecule has 10 unspecified atom stereocenters. The van der Waals surface area contributed by atoms with E-state index in [1.807, 2.05) is 121 Å². The first-order valence-corrected chi connectivity index (χ1v) is 49.7. The van der Waals surface area contributed by atoms with Crippen LogP contribution in [0.15, 0.2) is 262 Å². The van der Waals surface area contributed by atoms with Gasteiger partial charge in [-0.15, -0.1) is 0 Å². The van der Waals surface area contributed by atoms with Gasteiger partial charge in [0.25, 0.3) is 0 Å². The Bertz CT molecular complexity index is 5570. The molecule has 0 bridgehead atoms. The summed E-state index contributed by atoms with van der Waals surface area (Å²) in [6, 6.07) is 68.8. The van der Waals surface area contributed by atoms with E-state index in [0.29, 0.717) is 13.2 Å². The predicted molar refractivity (Wildman–Crippen MR) is 480 cm³/mol. The molecule has 0 saturated carbocycles. The van der Waals surface area contributed by atoms with Crippen molar-refractivity contribution in [1.29, 1.82) is 0 Å². The van der Waals surface area contributed by atoms with E-state index in [-0.39, 0.29) is 64.0 Å². The van der Waals surface area contributed by atoms with Crippen molar-refractivity contribution in [2.75, 3.05) is 19.8 Å². The second-order valence-electron chi connectivity index (χ2n) is 37.0. The lowest BCUT2D eigenvalue weighted by Crippen LogP contribution is -2.48. The Kier molecular flexibility index (Phi) is 31.2. The van der Waals surface area contributed by atoms with Gasteiger partial charge >= 0.3 is 15.8 Å². The number of rotatable bonds is 25. The molecule has 0 radical (unpaired) electrons. The van der Waals surface area contributed by atoms with Crippen LogP contribution >= 0.6 is 0 Å². The van der Waals surface area contributed by atoms with Gasteiger partial charge in [0.15, 0.2) is 110 Å². The average molecular weight is 1890 g/mol. The van der Waals surface area contributed by atoms with Crippen LogP contribution in [0, 0.1) is 5.41 Å². The van der Waals surface area contributed by atoms with Crippen LogP contribution in [0.5, 0.6) is 17.2 Å². The first kappa shape index (κ1) is 103. The summed E-state index contributed by atoms with van der Waals surface area (Å²) in [5.41, 5.74) is 5.33. The summed E-state index contributed by atoms with van der Waals surface area (Å²) < 4.78 is 236. The number of benzene rings is 9. The van der Waals surface area contributed by atoms with Crippen molar-refractivity contribution in [1.82, 2.24) is 0 Å². The van der Waals surface area contributed by atoms with Crippen LogP contribution in [0.3, 0.4) is 0 Å². The average Bonchev–Trinajstić information content (AvgIpc) is 0.776. The largest absolute Gasteiger partial charge is 0.743 e. The molecule has 128 heavy (non-hydrogen) atoms. The molecular formula is C97H116F6O19S6. The normalized spacial score (nSPS) is 22.9. The molecule has 3 fully saturated rings. The summed E-state index contributed by atoms with van der Waals surface area (Å²) in [7, 11) is -19.4. The van der Waals surface area contributed by atoms with E-state index in [0.717, 1.165) is 94.4 Å². The SMILES string of the molecule is CC(Oc1ccc([S+](c2ccc(C(C)(C)C)cc2)c2ccc(C3(C)OCC(C)(CO)CO3)cc2)cc1)C(F)(F)S(=O)(=O)[O-].CC1CC(C)(C)OC(C)(c2ccc([S+](c3ccc(OC(C)C(F)(F)S(=O)(=O)[O-])cc3)c3ccc(C(C)(C)C)cc3)cc2)O1.CC1CC(C)OC(C)(c2ccc([S+](c3ccc(OC(C)C(F)(F)S(=O)(=O)[O-])cc3)c3ccc(C(C)(C)C)cc3)cc2)O1. The third-order valence-corrected chi connectivity index (χ3v) is 31.9. The minimum absolute atomic E-state index is 0.0101. The zero-order valence-electron chi connectivity index (χ0n) is 75.8. The zero-order chi connectivity index (χ0) is 94.9. The molecule has 0 aliphatic carbocycles. The molecule has 31 heteroatoms. The van der Waals surface area contributed by atoms with Crippen molar-refractivity contribution in [2.24, 2.45) is 5.41 Å². The molecule has 3 heterocycles. The molecule has 12 rings (SSSR count). The maximum atomic E-state index is 14.0. The lowest BCUT2D eigenvalue weighted by atomic mass is 9.87. The summed E-state index contributed by atoms with van der Waals surface area (Å²) in [5.74, 6) is -2.66. The zero-order valence-corrected chi connectivity index (χ0v) is 80.7. The fourth-order valence-electron chi connectivity index (χ4n) is 14.9. The maximum absolute atomic E-state index is 14.0. The molecule has 0 spiro atoms. The lowest BCUT2D eigenvalue weighted by Gasteiger charge is -2.46. The molecular weight excluding hydrogens is 1780 g/mol. The number of aliphatic hydroxyl groups excluding tert-OH is 1. The van der Waals surface area contributed by atoms with Crippen molar-refractivity contribution in [2.45, 2.75) is 294 Å². The molecule has 3 aliphatic heterocycles. The number of halogens is 6. The van der Waals surface area contributed by atoms with Gasteiger partial charge in [0.2, 0.25) is 0 Å². The summed E-state index contributed by atoms with van der Waals surface area (Å²) >= 11 is 0. The number of aliphatic hydroxyl groups is 1. The van der Waals surface area contributed by atoms with Crippen LogP contribution in [0.1, 0.15) is 192 Å². The standard InChI is InChI=1S/C33H40F2O6S2.C32H38F2O7S2.C32H38F2O6S2/c1-22-21-31(6,7)41-32(8,40-22)25-11-17-28(18-12-25)42(27-15-9-24(10-16-27)30(3,4)5)29-19-13-26(14-20-29)39-23(2)33(34,35)43(36,37)38;1-22(32(33,34)43(36,37)38)41-25-11-17-28(18-12-25)42(26-13-7-23(8-14-26)29(2,3)4)27-15-9-24(10-16-27)31(6)39-20-30(5,19-35)21-40-31;1-21-20-22(2)40-31(7,39-21)25-10-16-28(17-11-25)41(27-14-8-24(9-15-27)30(4,5)6)29-18-12-26(13-19-29)38-23(3)32(33,34)42(35,36)37/h9-20,22-23H,21H2,1-8H3;7-18,22,35H,19-21H2,1-6H3;8-19,21-23H,20H2,1-7H3. The number of hydrogen-bond donors (Lipinski definition) is 1. The second kappa shape index (κ2) is 38.9. The first-order valence-electron chi connectivity index (χ1n) is 41.8. The van der Waals surface area contributed by atoms with E-state index >= 15 is 0 Å². The third-order valence-electron chi connectivity index (χ3n) is 22.2.